The van der Waals surface area contributed by atoms with Crippen molar-refractivity contribution in [2.24, 2.45) is 0 Å². The van der Waals surface area contributed by atoms with Gasteiger partial charge in [0.2, 0.25) is 0 Å². The maximum absolute atomic E-state index is 10.7. The highest BCUT2D eigenvalue weighted by Gasteiger charge is 2.02. The smallest absolute Gasteiger partial charge is 0.188 e. The molecule has 0 aliphatic carbocycles. The Morgan fingerprint density at radius 3 is 2.88 bits per heavy atom. The molecular formula is C14H14O3. The van der Waals surface area contributed by atoms with Gasteiger partial charge in [0.05, 0.1) is 5.56 Å². The van der Waals surface area contributed by atoms with Gasteiger partial charge >= 0.3 is 0 Å². The van der Waals surface area contributed by atoms with Crippen molar-refractivity contribution >= 4 is 6.29 Å². The molecule has 0 saturated heterocycles. The van der Waals surface area contributed by atoms with E-state index in [4.69, 9.17) is 9.47 Å². The summed E-state index contributed by atoms with van der Waals surface area (Å²) in [7, 11) is 1.54. The summed E-state index contributed by atoms with van der Waals surface area (Å²) in [5.74, 6) is 6.35. The topological polar surface area (TPSA) is 35.5 Å². The van der Waals surface area contributed by atoms with Gasteiger partial charge in [0.1, 0.15) is 12.0 Å². The zero-order chi connectivity index (χ0) is 12.7. The lowest BCUT2D eigenvalue weighted by atomic mass is 10.1. The Kier molecular flexibility index (Phi) is 4.99. The predicted octanol–water partition coefficient (Wildman–Crippen LogP) is 2.41. The van der Waals surface area contributed by atoms with Crippen LogP contribution in [0.4, 0.5) is 0 Å². The first-order chi connectivity index (χ1) is 8.17. The minimum Gasteiger partial charge on any atom is -0.466 e. The predicted molar refractivity (Wildman–Crippen MR) is 66.0 cm³/mol. The van der Waals surface area contributed by atoms with Crippen LogP contribution in [0.2, 0.25) is 0 Å². The third-order valence-corrected chi connectivity index (χ3v) is 1.88. The van der Waals surface area contributed by atoms with Crippen molar-refractivity contribution in [2.75, 3.05) is 13.9 Å². The molecule has 0 fully saturated rings. The molecule has 0 spiro atoms. The van der Waals surface area contributed by atoms with Gasteiger partial charge in [-0.3, -0.25) is 4.79 Å². The molecule has 1 rings (SSSR count). The molecule has 0 unspecified atom stereocenters. The second-order valence-electron chi connectivity index (χ2n) is 3.45. The van der Waals surface area contributed by atoms with Gasteiger partial charge in [-0.15, -0.1) is 0 Å². The number of carbonyl (C=O) groups is 1. The van der Waals surface area contributed by atoms with Gasteiger partial charge < -0.3 is 9.47 Å². The first kappa shape index (κ1) is 13.0. The third kappa shape index (κ3) is 4.13. The van der Waals surface area contributed by atoms with Gasteiger partial charge in [-0.05, 0) is 30.7 Å². The minimum atomic E-state index is 0.141. The van der Waals surface area contributed by atoms with Crippen LogP contribution in [0.3, 0.4) is 0 Å². The normalized spacial score (nSPS) is 9.06. The minimum absolute atomic E-state index is 0.141. The number of hydrogen-bond acceptors (Lipinski definition) is 3. The molecule has 1 aromatic rings. The van der Waals surface area contributed by atoms with Crippen molar-refractivity contribution in [1.29, 1.82) is 0 Å². The zero-order valence-corrected chi connectivity index (χ0v) is 9.95. The van der Waals surface area contributed by atoms with E-state index in [0.717, 1.165) is 11.9 Å². The van der Waals surface area contributed by atoms with Crippen molar-refractivity contribution in [3.8, 4) is 17.6 Å². The molecule has 0 bridgehead atoms. The number of methoxy groups -OCH3 is 1. The Labute approximate surface area is 101 Å². The van der Waals surface area contributed by atoms with E-state index >= 15 is 0 Å². The lowest BCUT2D eigenvalue weighted by Gasteiger charge is -2.07. The molecule has 0 amide bonds. The van der Waals surface area contributed by atoms with Crippen LogP contribution < -0.4 is 4.74 Å². The van der Waals surface area contributed by atoms with Crippen LogP contribution in [0.1, 0.15) is 22.8 Å². The highest BCUT2D eigenvalue weighted by molar-refractivity contribution is 5.76. The first-order valence-electron chi connectivity index (χ1n) is 5.06. The highest BCUT2D eigenvalue weighted by Crippen LogP contribution is 2.18. The molecule has 3 nitrogen and oxygen atoms in total. The van der Waals surface area contributed by atoms with E-state index in [-0.39, 0.29) is 6.79 Å². The van der Waals surface area contributed by atoms with Crippen molar-refractivity contribution in [1.82, 2.24) is 0 Å². The molecular weight excluding hydrogens is 218 g/mol. The van der Waals surface area contributed by atoms with E-state index in [2.05, 4.69) is 18.4 Å². The summed E-state index contributed by atoms with van der Waals surface area (Å²) in [4.78, 5) is 10.7. The summed E-state index contributed by atoms with van der Waals surface area (Å²) in [6.45, 7) is 5.65. The summed E-state index contributed by atoms with van der Waals surface area (Å²) in [5, 5.41) is 0. The van der Waals surface area contributed by atoms with Crippen molar-refractivity contribution in [2.45, 2.75) is 6.92 Å². The van der Waals surface area contributed by atoms with Crippen LogP contribution in [0.15, 0.2) is 30.4 Å². The maximum Gasteiger partial charge on any atom is 0.188 e. The number of allylic oxidation sites excluding steroid dienone is 1. The molecule has 0 aliphatic rings. The van der Waals surface area contributed by atoms with E-state index in [9.17, 15) is 4.79 Å². The lowest BCUT2D eigenvalue weighted by Crippen LogP contribution is -2.01. The second-order valence-corrected chi connectivity index (χ2v) is 3.45. The zero-order valence-electron chi connectivity index (χ0n) is 9.95. The molecule has 0 heterocycles. The summed E-state index contributed by atoms with van der Waals surface area (Å²) in [5.41, 5.74) is 1.95. The summed E-state index contributed by atoms with van der Waals surface area (Å²) < 4.78 is 10.2. The number of rotatable bonds is 4. The van der Waals surface area contributed by atoms with Crippen LogP contribution in [0.5, 0.6) is 5.75 Å². The molecule has 3 heteroatoms. The van der Waals surface area contributed by atoms with Gasteiger partial charge in [-0.25, -0.2) is 0 Å². The number of carbonyl (C=O) groups excluding carboxylic acids is 1. The Balaban J connectivity index is 3.08. The van der Waals surface area contributed by atoms with Crippen LogP contribution in [0.25, 0.3) is 0 Å². The quantitative estimate of drug-likeness (QED) is 0.454. The second kappa shape index (κ2) is 6.51. The largest absolute Gasteiger partial charge is 0.466 e. The van der Waals surface area contributed by atoms with E-state index in [0.29, 0.717) is 16.9 Å². The summed E-state index contributed by atoms with van der Waals surface area (Å²) in [6, 6.07) is 5.04. The van der Waals surface area contributed by atoms with Gasteiger partial charge in [0.25, 0.3) is 0 Å². The molecule has 0 atom stereocenters. The standard InChI is InChI=1S/C14H14O3/c1-11(2)4-6-13-8-12(9-15)5-7-14(13)17-10-16-3/h5,7-9H,1,10H2,2-3H3/i1+2. The molecule has 1 aromatic carbocycles. The maximum atomic E-state index is 10.7. The molecule has 88 valence electrons. The van der Waals surface area contributed by atoms with Gasteiger partial charge in [-0.2, -0.15) is 0 Å². The fraction of sp³-hybridized carbons (Fsp3) is 0.214. The fourth-order valence-corrected chi connectivity index (χ4v) is 1.14. The van der Waals surface area contributed by atoms with Crippen molar-refractivity contribution in [3.05, 3.63) is 41.5 Å². The van der Waals surface area contributed by atoms with E-state index in [1.165, 1.54) is 0 Å². The average molecular weight is 232 g/mol. The third-order valence-electron chi connectivity index (χ3n) is 1.88. The first-order valence-corrected chi connectivity index (χ1v) is 5.06. The highest BCUT2D eigenvalue weighted by atomic mass is 16.7. The Hall–Kier alpha value is -2.05. The molecule has 0 aromatic heterocycles. The van der Waals surface area contributed by atoms with Gasteiger partial charge in [0.15, 0.2) is 6.79 Å². The fourth-order valence-electron chi connectivity index (χ4n) is 1.14. The number of hydrogen-bond donors (Lipinski definition) is 0. The van der Waals surface area contributed by atoms with Crippen molar-refractivity contribution < 1.29 is 14.3 Å². The van der Waals surface area contributed by atoms with Crippen LogP contribution in [0, 0.1) is 11.8 Å². The number of aldehydes is 1. The van der Waals surface area contributed by atoms with E-state index in [1.807, 2.05) is 6.92 Å². The lowest BCUT2D eigenvalue weighted by molar-refractivity contribution is 0.0509. The molecule has 0 aliphatic heterocycles. The van der Waals surface area contributed by atoms with Crippen molar-refractivity contribution in [3.63, 3.8) is 0 Å². The van der Waals surface area contributed by atoms with Gasteiger partial charge in [0, 0.05) is 12.7 Å². The summed E-state index contributed by atoms with van der Waals surface area (Å²) >= 11 is 0. The van der Waals surface area contributed by atoms with Crippen LogP contribution in [-0.4, -0.2) is 20.2 Å². The van der Waals surface area contributed by atoms with Crippen LogP contribution in [-0.2, 0) is 4.74 Å². The Morgan fingerprint density at radius 2 is 2.29 bits per heavy atom. The van der Waals surface area contributed by atoms with Crippen LogP contribution >= 0.6 is 0 Å². The molecule has 0 radical (unpaired) electrons. The Bertz CT molecular complexity index is 478. The van der Waals surface area contributed by atoms with E-state index in [1.54, 1.807) is 25.3 Å². The summed E-state index contributed by atoms with van der Waals surface area (Å²) in [6.07, 6.45) is 0.770. The molecule has 17 heavy (non-hydrogen) atoms. The number of ether oxygens (including phenoxy) is 2. The molecule has 0 saturated carbocycles. The van der Waals surface area contributed by atoms with Gasteiger partial charge in [-0.1, -0.05) is 18.4 Å². The Morgan fingerprint density at radius 1 is 1.53 bits per heavy atom. The van der Waals surface area contributed by atoms with E-state index < -0.39 is 0 Å². The number of benzene rings is 1. The SMILES string of the molecule is COCOc1ccc(C=O)cc1C#CC(C)=[14CH2]. The average Bonchev–Trinajstić information content (AvgIpc) is 2.34. The molecule has 0 N–H and O–H groups in total. The monoisotopic (exact) mass is 232 g/mol.